The molecule has 0 heterocycles. The maximum Gasteiger partial charge on any atom is 0.335 e. The van der Waals surface area contributed by atoms with E-state index in [9.17, 15) is 4.79 Å². The second-order valence-corrected chi connectivity index (χ2v) is 5.63. The summed E-state index contributed by atoms with van der Waals surface area (Å²) in [5, 5.41) is 12.9. The summed E-state index contributed by atoms with van der Waals surface area (Å²) in [6.45, 7) is 1.38. The zero-order valence-corrected chi connectivity index (χ0v) is 12.9. The zero-order valence-electron chi connectivity index (χ0n) is 10.6. The van der Waals surface area contributed by atoms with Crippen LogP contribution in [0.2, 0.25) is 5.02 Å². The number of hydrogen-bond acceptors (Lipinski definition) is 2. The molecule has 0 amide bonds. The molecule has 2 aromatic carbocycles. The number of carboxylic acids is 1. The molecule has 0 aliphatic rings. The van der Waals surface area contributed by atoms with Gasteiger partial charge in [-0.1, -0.05) is 45.7 Å². The molecule has 0 bridgehead atoms. The molecular weight excluding hydrogens is 342 g/mol. The Balaban J connectivity index is 1.94. The van der Waals surface area contributed by atoms with Gasteiger partial charge >= 0.3 is 5.97 Å². The molecule has 0 saturated carbocycles. The number of nitrogens with one attached hydrogen (secondary N) is 1. The second kappa shape index (κ2) is 6.88. The van der Waals surface area contributed by atoms with Crippen LogP contribution in [-0.4, -0.2) is 11.1 Å². The summed E-state index contributed by atoms with van der Waals surface area (Å²) >= 11 is 9.22. The zero-order chi connectivity index (χ0) is 14.5. The number of halogens is 2. The van der Waals surface area contributed by atoms with Crippen molar-refractivity contribution in [3.8, 4) is 0 Å². The Hall–Kier alpha value is -1.36. The number of carboxylic acid groups (broad SMARTS) is 1. The fraction of sp³-hybridized carbons (Fsp3) is 0.133. The van der Waals surface area contributed by atoms with Gasteiger partial charge in [-0.3, -0.25) is 0 Å². The van der Waals surface area contributed by atoms with E-state index in [2.05, 4.69) is 21.2 Å². The number of benzene rings is 2. The van der Waals surface area contributed by atoms with Gasteiger partial charge in [0.05, 0.1) is 5.56 Å². The van der Waals surface area contributed by atoms with Gasteiger partial charge in [0, 0.05) is 22.6 Å². The molecule has 0 unspecified atom stereocenters. The molecule has 0 radical (unpaired) electrons. The molecule has 2 N–H and O–H groups in total. The summed E-state index contributed by atoms with van der Waals surface area (Å²) in [6, 6.07) is 12.7. The molecule has 2 rings (SSSR count). The van der Waals surface area contributed by atoms with Gasteiger partial charge in [0.25, 0.3) is 0 Å². The molecule has 0 aliphatic heterocycles. The maximum atomic E-state index is 10.8. The van der Waals surface area contributed by atoms with Crippen LogP contribution in [0.25, 0.3) is 0 Å². The van der Waals surface area contributed by atoms with Gasteiger partial charge in [0.2, 0.25) is 0 Å². The molecule has 0 saturated heterocycles. The highest BCUT2D eigenvalue weighted by Gasteiger charge is 2.06. The van der Waals surface area contributed by atoms with Crippen molar-refractivity contribution in [3.63, 3.8) is 0 Å². The van der Waals surface area contributed by atoms with Crippen molar-refractivity contribution in [1.29, 1.82) is 0 Å². The van der Waals surface area contributed by atoms with E-state index in [0.717, 1.165) is 27.2 Å². The van der Waals surface area contributed by atoms with Crippen LogP contribution >= 0.6 is 27.5 Å². The minimum absolute atomic E-state index is 0.276. The first-order valence-corrected chi connectivity index (χ1v) is 7.20. The molecule has 0 spiro atoms. The second-order valence-electron chi connectivity index (χ2n) is 4.34. The van der Waals surface area contributed by atoms with Crippen LogP contribution in [0, 0.1) is 0 Å². The van der Waals surface area contributed by atoms with Crippen LogP contribution in [-0.2, 0) is 13.1 Å². The minimum atomic E-state index is -0.925. The van der Waals surface area contributed by atoms with Gasteiger partial charge in [-0.05, 0) is 35.4 Å². The van der Waals surface area contributed by atoms with Gasteiger partial charge in [0.15, 0.2) is 0 Å². The summed E-state index contributed by atoms with van der Waals surface area (Å²) in [4.78, 5) is 10.8. The number of carbonyl (C=O) groups is 1. The lowest BCUT2D eigenvalue weighted by molar-refractivity contribution is 0.0697. The lowest BCUT2D eigenvalue weighted by atomic mass is 10.1. The van der Waals surface area contributed by atoms with Gasteiger partial charge < -0.3 is 10.4 Å². The van der Waals surface area contributed by atoms with E-state index in [4.69, 9.17) is 16.7 Å². The summed E-state index contributed by atoms with van der Waals surface area (Å²) in [5.74, 6) is -0.925. The van der Waals surface area contributed by atoms with Gasteiger partial charge in [-0.15, -0.1) is 0 Å². The van der Waals surface area contributed by atoms with Crippen molar-refractivity contribution in [2.45, 2.75) is 13.1 Å². The Labute approximate surface area is 130 Å². The molecule has 2 aromatic rings. The van der Waals surface area contributed by atoms with Crippen LogP contribution in [0.3, 0.4) is 0 Å². The van der Waals surface area contributed by atoms with Crippen molar-refractivity contribution in [2.24, 2.45) is 0 Å². The molecule has 0 fully saturated rings. The van der Waals surface area contributed by atoms with Crippen molar-refractivity contribution in [3.05, 3.63) is 68.7 Å². The van der Waals surface area contributed by atoms with E-state index in [-0.39, 0.29) is 5.56 Å². The summed E-state index contributed by atoms with van der Waals surface area (Å²) in [5.41, 5.74) is 2.44. The molecule has 3 nitrogen and oxygen atoms in total. The molecule has 104 valence electrons. The van der Waals surface area contributed by atoms with Gasteiger partial charge in [-0.25, -0.2) is 4.79 Å². The van der Waals surface area contributed by atoms with Crippen molar-refractivity contribution < 1.29 is 9.90 Å². The van der Waals surface area contributed by atoms with Crippen LogP contribution < -0.4 is 5.32 Å². The number of aromatic carboxylic acids is 1. The van der Waals surface area contributed by atoms with E-state index in [1.54, 1.807) is 12.1 Å². The molecular formula is C15H13BrClNO2. The maximum absolute atomic E-state index is 10.8. The average Bonchev–Trinajstić information content (AvgIpc) is 2.42. The molecule has 0 aromatic heterocycles. The van der Waals surface area contributed by atoms with E-state index in [1.807, 2.05) is 30.3 Å². The highest BCUT2D eigenvalue weighted by Crippen LogP contribution is 2.19. The first kappa shape index (κ1) is 15.0. The third-order valence-corrected chi connectivity index (χ3v) is 3.85. The SMILES string of the molecule is O=C(O)c1ccc(CNCc2ccc(Cl)cc2)c(Br)c1. The smallest absolute Gasteiger partial charge is 0.335 e. The number of hydrogen-bond donors (Lipinski definition) is 2. The Morgan fingerprint density at radius 3 is 2.45 bits per heavy atom. The highest BCUT2D eigenvalue weighted by molar-refractivity contribution is 9.10. The normalized spacial score (nSPS) is 10.5. The molecule has 0 aliphatic carbocycles. The van der Waals surface area contributed by atoms with Crippen LogP contribution in [0.5, 0.6) is 0 Å². The van der Waals surface area contributed by atoms with E-state index in [0.29, 0.717) is 6.54 Å². The third-order valence-electron chi connectivity index (χ3n) is 2.86. The molecule has 20 heavy (non-hydrogen) atoms. The molecule has 5 heteroatoms. The van der Waals surface area contributed by atoms with Gasteiger partial charge in [0.1, 0.15) is 0 Å². The van der Waals surface area contributed by atoms with Crippen LogP contribution in [0.4, 0.5) is 0 Å². The first-order chi connectivity index (χ1) is 9.56. The third kappa shape index (κ3) is 4.07. The Morgan fingerprint density at radius 2 is 1.85 bits per heavy atom. The lowest BCUT2D eigenvalue weighted by Gasteiger charge is -2.08. The fourth-order valence-corrected chi connectivity index (χ4v) is 2.41. The van der Waals surface area contributed by atoms with Crippen molar-refractivity contribution >= 4 is 33.5 Å². The van der Waals surface area contributed by atoms with E-state index in [1.165, 1.54) is 0 Å². The Kier molecular flexibility index (Phi) is 5.17. The van der Waals surface area contributed by atoms with Crippen LogP contribution in [0.15, 0.2) is 46.9 Å². The predicted octanol–water partition coefficient (Wildman–Crippen LogP) is 4.09. The highest BCUT2D eigenvalue weighted by atomic mass is 79.9. The fourth-order valence-electron chi connectivity index (χ4n) is 1.77. The topological polar surface area (TPSA) is 49.3 Å². The largest absolute Gasteiger partial charge is 0.478 e. The van der Waals surface area contributed by atoms with Gasteiger partial charge in [-0.2, -0.15) is 0 Å². The summed E-state index contributed by atoms with van der Waals surface area (Å²) in [7, 11) is 0. The summed E-state index contributed by atoms with van der Waals surface area (Å²) in [6.07, 6.45) is 0. The summed E-state index contributed by atoms with van der Waals surface area (Å²) < 4.78 is 0.793. The first-order valence-electron chi connectivity index (χ1n) is 6.03. The number of rotatable bonds is 5. The lowest BCUT2D eigenvalue weighted by Crippen LogP contribution is -2.13. The van der Waals surface area contributed by atoms with E-state index < -0.39 is 5.97 Å². The Morgan fingerprint density at radius 1 is 1.15 bits per heavy atom. The Bertz CT molecular complexity index is 614. The van der Waals surface area contributed by atoms with Crippen molar-refractivity contribution in [2.75, 3.05) is 0 Å². The average molecular weight is 355 g/mol. The quantitative estimate of drug-likeness (QED) is 0.850. The predicted molar refractivity (Wildman–Crippen MR) is 83.1 cm³/mol. The molecule has 0 atom stereocenters. The van der Waals surface area contributed by atoms with Crippen molar-refractivity contribution in [1.82, 2.24) is 5.32 Å². The standard InChI is InChI=1S/C15H13BrClNO2/c16-14-7-11(15(19)20)3-4-12(14)9-18-8-10-1-5-13(17)6-2-10/h1-7,18H,8-9H2,(H,19,20). The van der Waals surface area contributed by atoms with E-state index >= 15 is 0 Å². The minimum Gasteiger partial charge on any atom is -0.478 e. The monoisotopic (exact) mass is 353 g/mol. The van der Waals surface area contributed by atoms with Crippen LogP contribution in [0.1, 0.15) is 21.5 Å².